The average Bonchev–Trinajstić information content (AvgIpc) is 2.57. The van der Waals surface area contributed by atoms with E-state index >= 15 is 0 Å². The number of ketones is 2. The van der Waals surface area contributed by atoms with Crippen molar-refractivity contribution in [1.29, 1.82) is 0 Å². The van der Waals surface area contributed by atoms with Crippen molar-refractivity contribution >= 4 is 39.3 Å². The van der Waals surface area contributed by atoms with Gasteiger partial charge in [0.25, 0.3) is 10.1 Å². The van der Waals surface area contributed by atoms with Crippen molar-refractivity contribution in [1.82, 2.24) is 0 Å². The maximum atomic E-state index is 12.4. The number of carbonyl (C=O) groups is 4. The summed E-state index contributed by atoms with van der Waals surface area (Å²) in [5.74, 6) is -3.11. The van der Waals surface area contributed by atoms with Gasteiger partial charge >= 0.3 is 17.1 Å². The van der Waals surface area contributed by atoms with E-state index in [1.807, 2.05) is 0 Å². The SMILES string of the molecule is CC(=O)[O-].CC(=O)[O-].Nc1cc(S(=O)(=O)O)cc2c1C(=O)c1ccccc1C2=O.O.O.O.O.[Mn+2]. The molecule has 1 aliphatic carbocycles. The summed E-state index contributed by atoms with van der Waals surface area (Å²) in [6.07, 6.45) is 0. The van der Waals surface area contributed by atoms with Crippen LogP contribution in [-0.4, -0.2) is 58.4 Å². The molecule has 191 valence electrons. The summed E-state index contributed by atoms with van der Waals surface area (Å²) in [4.78, 5) is 42.1. The van der Waals surface area contributed by atoms with Gasteiger partial charge in [-0.25, -0.2) is 0 Å². The maximum absolute atomic E-state index is 12.4. The van der Waals surface area contributed by atoms with Crippen LogP contribution in [0.15, 0.2) is 41.3 Å². The molecule has 11 N–H and O–H groups in total. The molecule has 0 aliphatic heterocycles. The van der Waals surface area contributed by atoms with Crippen LogP contribution in [0.4, 0.5) is 5.69 Å². The number of carbonyl (C=O) groups excluding carboxylic acids is 4. The third-order valence-electron chi connectivity index (χ3n) is 3.33. The van der Waals surface area contributed by atoms with E-state index in [1.54, 1.807) is 12.1 Å². The Bertz CT molecular complexity index is 1100. The van der Waals surface area contributed by atoms with Crippen molar-refractivity contribution in [3.8, 4) is 0 Å². The fourth-order valence-corrected chi connectivity index (χ4v) is 2.92. The standard InChI is InChI=1S/C14H9NO5S.2C2H4O2.Mn.4H2O/c15-11-6-7(21(18,19)20)5-10-12(11)14(17)9-4-2-1-3-8(9)13(10)16;2*1-2(3)4;;;;;/h1-6H,15H2,(H,18,19,20);2*1H3,(H,3,4);;4*1H2/q;;;+2;;;;/p-2. The van der Waals surface area contributed by atoms with Crippen molar-refractivity contribution in [2.24, 2.45) is 0 Å². The molecule has 34 heavy (non-hydrogen) atoms. The zero-order valence-electron chi connectivity index (χ0n) is 17.5. The zero-order chi connectivity index (χ0) is 22.5. The summed E-state index contributed by atoms with van der Waals surface area (Å²) in [7, 11) is -4.52. The smallest absolute Gasteiger partial charge is 0.550 e. The number of rotatable bonds is 1. The normalized spacial score (nSPS) is 9.97. The Morgan fingerprint density at radius 1 is 0.824 bits per heavy atom. The molecule has 0 saturated carbocycles. The van der Waals surface area contributed by atoms with Crippen molar-refractivity contribution in [2.45, 2.75) is 18.7 Å². The van der Waals surface area contributed by atoms with Gasteiger partial charge in [-0.05, 0) is 26.0 Å². The molecule has 0 fully saturated rings. The Kier molecular flexibility index (Phi) is 19.8. The maximum Gasteiger partial charge on any atom is 2.00 e. The first-order chi connectivity index (χ1) is 13.3. The Hall–Kier alpha value is -3.21. The number of benzene rings is 2. The van der Waals surface area contributed by atoms with Gasteiger partial charge in [0.15, 0.2) is 11.6 Å². The Morgan fingerprint density at radius 2 is 1.18 bits per heavy atom. The number of carboxylic acids is 2. The summed E-state index contributed by atoms with van der Waals surface area (Å²) < 4.78 is 31.5. The number of nitrogens with two attached hydrogens (primary N) is 1. The van der Waals surface area contributed by atoms with Crippen LogP contribution in [0.5, 0.6) is 0 Å². The first-order valence-corrected chi connectivity index (χ1v) is 9.16. The van der Waals surface area contributed by atoms with E-state index in [4.69, 9.17) is 30.1 Å². The number of hydrogen-bond donors (Lipinski definition) is 2. The fraction of sp³-hybridized carbons (Fsp3) is 0.111. The number of anilines is 1. The third kappa shape index (κ3) is 10.6. The van der Waals surface area contributed by atoms with Gasteiger partial charge < -0.3 is 47.4 Å². The van der Waals surface area contributed by atoms with Gasteiger partial charge in [0.1, 0.15) is 0 Å². The number of carboxylic acid groups (broad SMARTS) is 2. The van der Waals surface area contributed by atoms with Gasteiger partial charge in [-0.3, -0.25) is 14.1 Å². The summed E-state index contributed by atoms with van der Waals surface area (Å²) in [6.45, 7) is 1.94. The van der Waals surface area contributed by atoms with Gasteiger partial charge in [-0.1, -0.05) is 24.3 Å². The number of aliphatic carboxylic acids is 2. The van der Waals surface area contributed by atoms with Gasteiger partial charge in [0.2, 0.25) is 0 Å². The van der Waals surface area contributed by atoms with Crippen LogP contribution >= 0.6 is 0 Å². The van der Waals surface area contributed by atoms with E-state index < -0.39 is 38.5 Å². The molecule has 3 rings (SSSR count). The van der Waals surface area contributed by atoms with Crippen LogP contribution in [0.2, 0.25) is 0 Å². The molecule has 0 saturated heterocycles. The van der Waals surface area contributed by atoms with E-state index in [0.717, 1.165) is 26.0 Å². The van der Waals surface area contributed by atoms with Crippen molar-refractivity contribution < 1.29 is 81.3 Å². The quantitative estimate of drug-likeness (QED) is 0.167. The minimum atomic E-state index is -4.52. The fourth-order valence-electron chi connectivity index (χ4n) is 2.38. The van der Waals surface area contributed by atoms with Crippen LogP contribution in [0, 0.1) is 0 Å². The second-order valence-corrected chi connectivity index (χ2v) is 7.02. The molecule has 0 heterocycles. The molecule has 0 bridgehead atoms. The van der Waals surface area contributed by atoms with E-state index in [-0.39, 0.29) is 66.9 Å². The third-order valence-corrected chi connectivity index (χ3v) is 4.16. The van der Waals surface area contributed by atoms with Gasteiger partial charge in [0, 0.05) is 34.3 Å². The predicted octanol–water partition coefficient (Wildman–Crippen LogP) is -4.50. The monoisotopic (exact) mass is 548 g/mol. The average molecular weight is 548 g/mol. The number of nitrogen functional groups attached to an aromatic ring is 1. The van der Waals surface area contributed by atoms with E-state index in [0.29, 0.717) is 0 Å². The Labute approximate surface area is 203 Å². The number of fused-ring (bicyclic) bond motifs is 2. The molecular weight excluding hydrogens is 525 g/mol. The summed E-state index contributed by atoms with van der Waals surface area (Å²) in [5.41, 5.74) is 5.79. The molecule has 2 aromatic rings. The second-order valence-electron chi connectivity index (χ2n) is 5.60. The van der Waals surface area contributed by atoms with Gasteiger partial charge in [-0.15, -0.1) is 0 Å². The molecule has 0 unspecified atom stereocenters. The summed E-state index contributed by atoms with van der Waals surface area (Å²) in [6, 6.07) is 8.15. The summed E-state index contributed by atoms with van der Waals surface area (Å²) >= 11 is 0. The molecule has 0 atom stereocenters. The first-order valence-electron chi connectivity index (χ1n) is 7.72. The van der Waals surface area contributed by atoms with Crippen molar-refractivity contribution in [2.75, 3.05) is 5.73 Å². The molecule has 1 aliphatic rings. The largest absolute Gasteiger partial charge is 2.00 e. The molecule has 16 heteroatoms. The minimum Gasteiger partial charge on any atom is -0.550 e. The van der Waals surface area contributed by atoms with E-state index in [2.05, 4.69) is 0 Å². The zero-order valence-corrected chi connectivity index (χ0v) is 19.5. The van der Waals surface area contributed by atoms with Gasteiger partial charge in [-0.2, -0.15) is 8.42 Å². The van der Waals surface area contributed by atoms with Crippen molar-refractivity contribution in [3.63, 3.8) is 0 Å². The van der Waals surface area contributed by atoms with Crippen LogP contribution < -0.4 is 15.9 Å². The van der Waals surface area contributed by atoms with Crippen LogP contribution in [0.3, 0.4) is 0 Å². The molecule has 14 nitrogen and oxygen atoms in total. The molecular formula is C18H23MnNO13S. The van der Waals surface area contributed by atoms with Crippen molar-refractivity contribution in [3.05, 3.63) is 58.7 Å². The van der Waals surface area contributed by atoms with Crippen LogP contribution in [-0.2, 0) is 36.8 Å². The molecule has 2 aromatic carbocycles. The molecule has 0 aromatic heterocycles. The van der Waals surface area contributed by atoms with E-state index in [1.165, 1.54) is 12.1 Å². The first kappa shape index (κ1) is 41.1. The second kappa shape index (κ2) is 16.4. The Balaban J connectivity index is -0.000000190. The summed E-state index contributed by atoms with van der Waals surface area (Å²) in [5, 5.41) is 17.8. The minimum absolute atomic E-state index is 0. The Morgan fingerprint density at radius 3 is 1.53 bits per heavy atom. The topological polar surface area (TPSA) is 321 Å². The predicted molar refractivity (Wildman–Crippen MR) is 110 cm³/mol. The van der Waals surface area contributed by atoms with E-state index in [9.17, 15) is 18.0 Å². The number of hydrogen-bond acceptors (Lipinski definition) is 9. The van der Waals surface area contributed by atoms with Crippen LogP contribution in [0.1, 0.15) is 45.7 Å². The van der Waals surface area contributed by atoms with Gasteiger partial charge in [0.05, 0.1) is 10.5 Å². The molecule has 1 radical (unpaired) electrons. The van der Waals surface area contributed by atoms with Crippen LogP contribution in [0.25, 0.3) is 0 Å². The molecule has 0 amide bonds. The molecule has 0 spiro atoms.